The first-order chi connectivity index (χ1) is 13.5. The summed E-state index contributed by atoms with van der Waals surface area (Å²) >= 11 is 1.51. The topological polar surface area (TPSA) is 78.5 Å². The molecular weight excluding hydrogens is 381 g/mol. The molecule has 0 aliphatic carbocycles. The van der Waals surface area contributed by atoms with Crippen molar-refractivity contribution in [2.45, 2.75) is 38.3 Å². The number of unbranched alkanes of at least 4 members (excludes halogenated alkanes) is 1. The van der Waals surface area contributed by atoms with Crippen LogP contribution in [-0.2, 0) is 21.7 Å². The second-order valence-corrected chi connectivity index (χ2v) is 7.73. The zero-order valence-corrected chi connectivity index (χ0v) is 16.4. The smallest absolute Gasteiger partial charge is 0.325 e. The molecule has 1 aliphatic rings. The Balaban J connectivity index is 1.76. The Morgan fingerprint density at radius 2 is 2.00 bits per heavy atom. The number of benzene rings is 1. The molecule has 1 aromatic heterocycles. The molecule has 1 saturated heterocycles. The van der Waals surface area contributed by atoms with Gasteiger partial charge in [-0.3, -0.25) is 14.5 Å². The van der Waals surface area contributed by atoms with Crippen molar-refractivity contribution in [3.05, 3.63) is 58.0 Å². The van der Waals surface area contributed by atoms with E-state index in [4.69, 9.17) is 0 Å². The van der Waals surface area contributed by atoms with Gasteiger partial charge >= 0.3 is 6.03 Å². The van der Waals surface area contributed by atoms with Crippen molar-refractivity contribution in [1.82, 2.24) is 15.5 Å². The lowest BCUT2D eigenvalue weighted by Gasteiger charge is -2.27. The van der Waals surface area contributed by atoms with E-state index < -0.39 is 29.2 Å². The number of amides is 4. The number of imide groups is 1. The first-order valence-electron chi connectivity index (χ1n) is 9.15. The Hall–Kier alpha value is -2.74. The summed E-state index contributed by atoms with van der Waals surface area (Å²) in [5, 5.41) is 7.38. The SMILES string of the molecule is CCCC[C@@]1(c2ccc(F)cc2)NC(=O)N(CC(=O)NCc2cccs2)C1=O. The minimum Gasteiger partial charge on any atom is -0.350 e. The summed E-state index contributed by atoms with van der Waals surface area (Å²) in [5.41, 5.74) is -0.753. The van der Waals surface area contributed by atoms with Crippen molar-refractivity contribution in [2.75, 3.05) is 6.54 Å². The number of hydrogen-bond donors (Lipinski definition) is 2. The average molecular weight is 403 g/mol. The second kappa shape index (κ2) is 8.52. The molecule has 1 atom stereocenters. The molecule has 2 aromatic rings. The fraction of sp³-hybridized carbons (Fsp3) is 0.350. The van der Waals surface area contributed by atoms with Gasteiger partial charge in [0.25, 0.3) is 5.91 Å². The van der Waals surface area contributed by atoms with Gasteiger partial charge in [-0.2, -0.15) is 0 Å². The van der Waals surface area contributed by atoms with Crippen LogP contribution in [0, 0.1) is 5.82 Å². The highest BCUT2D eigenvalue weighted by Crippen LogP contribution is 2.34. The Kier molecular flexibility index (Phi) is 6.08. The van der Waals surface area contributed by atoms with E-state index >= 15 is 0 Å². The summed E-state index contributed by atoms with van der Waals surface area (Å²) in [7, 11) is 0. The number of halogens is 1. The van der Waals surface area contributed by atoms with Crippen LogP contribution < -0.4 is 10.6 Å². The van der Waals surface area contributed by atoms with E-state index in [1.807, 2.05) is 24.4 Å². The third kappa shape index (κ3) is 4.06. The van der Waals surface area contributed by atoms with Crippen LogP contribution in [0.5, 0.6) is 0 Å². The van der Waals surface area contributed by atoms with Crippen LogP contribution in [0.25, 0.3) is 0 Å². The largest absolute Gasteiger partial charge is 0.350 e. The Morgan fingerprint density at radius 3 is 2.64 bits per heavy atom. The van der Waals surface area contributed by atoms with Crippen LogP contribution in [0.4, 0.5) is 9.18 Å². The summed E-state index contributed by atoms with van der Waals surface area (Å²) < 4.78 is 13.3. The second-order valence-electron chi connectivity index (χ2n) is 6.69. The van der Waals surface area contributed by atoms with Crippen molar-refractivity contribution in [1.29, 1.82) is 0 Å². The number of hydrogen-bond acceptors (Lipinski definition) is 4. The minimum atomic E-state index is -1.27. The molecule has 6 nitrogen and oxygen atoms in total. The van der Waals surface area contributed by atoms with Crippen LogP contribution in [0.1, 0.15) is 36.6 Å². The maximum atomic E-state index is 13.3. The third-order valence-corrected chi connectivity index (χ3v) is 5.64. The molecule has 1 fully saturated rings. The molecule has 2 heterocycles. The van der Waals surface area contributed by atoms with E-state index in [1.165, 1.54) is 35.6 Å². The highest BCUT2D eigenvalue weighted by molar-refractivity contribution is 7.09. The van der Waals surface area contributed by atoms with Gasteiger partial charge in [0.05, 0.1) is 6.54 Å². The number of urea groups is 1. The van der Waals surface area contributed by atoms with Crippen molar-refractivity contribution < 1.29 is 18.8 Å². The van der Waals surface area contributed by atoms with E-state index in [0.29, 0.717) is 24.9 Å². The van der Waals surface area contributed by atoms with Crippen molar-refractivity contribution in [3.8, 4) is 0 Å². The van der Waals surface area contributed by atoms with Crippen LogP contribution in [0.3, 0.4) is 0 Å². The Bertz CT molecular complexity index is 854. The highest BCUT2D eigenvalue weighted by Gasteiger charge is 2.52. The van der Waals surface area contributed by atoms with E-state index in [-0.39, 0.29) is 6.54 Å². The van der Waals surface area contributed by atoms with Crippen LogP contribution in [-0.4, -0.2) is 29.3 Å². The number of nitrogens with zero attached hydrogens (tertiary/aromatic N) is 1. The fourth-order valence-corrected chi connectivity index (χ4v) is 3.90. The monoisotopic (exact) mass is 403 g/mol. The van der Waals surface area contributed by atoms with Gasteiger partial charge in [0, 0.05) is 4.88 Å². The number of nitrogens with one attached hydrogen (secondary N) is 2. The fourth-order valence-electron chi connectivity index (χ4n) is 3.25. The zero-order valence-electron chi connectivity index (χ0n) is 15.5. The molecule has 28 heavy (non-hydrogen) atoms. The molecule has 0 bridgehead atoms. The van der Waals surface area contributed by atoms with Gasteiger partial charge in [-0.05, 0) is 35.6 Å². The normalized spacial score (nSPS) is 19.0. The maximum absolute atomic E-state index is 13.3. The van der Waals surface area contributed by atoms with E-state index in [9.17, 15) is 18.8 Å². The summed E-state index contributed by atoms with van der Waals surface area (Å²) in [6, 6.07) is 8.69. The van der Waals surface area contributed by atoms with Crippen molar-refractivity contribution >= 4 is 29.2 Å². The number of thiophene rings is 1. The number of rotatable bonds is 8. The van der Waals surface area contributed by atoms with Gasteiger partial charge in [0.1, 0.15) is 17.9 Å². The molecule has 1 aromatic carbocycles. The molecule has 1 aliphatic heterocycles. The lowest BCUT2D eigenvalue weighted by atomic mass is 9.85. The molecule has 0 unspecified atom stereocenters. The van der Waals surface area contributed by atoms with Gasteiger partial charge in [0.15, 0.2) is 0 Å². The molecule has 0 spiro atoms. The minimum absolute atomic E-state index is 0.346. The molecule has 0 radical (unpaired) electrons. The first-order valence-corrected chi connectivity index (χ1v) is 10.0. The Labute approximate surface area is 166 Å². The summed E-state index contributed by atoms with van der Waals surface area (Å²) in [5.74, 6) is -1.32. The van der Waals surface area contributed by atoms with Crippen LogP contribution >= 0.6 is 11.3 Å². The lowest BCUT2D eigenvalue weighted by Crippen LogP contribution is -2.45. The molecule has 148 valence electrons. The molecular formula is C20H22FN3O3S. The quantitative estimate of drug-likeness (QED) is 0.665. The number of carbonyl (C=O) groups is 3. The van der Waals surface area contributed by atoms with Crippen molar-refractivity contribution in [2.24, 2.45) is 0 Å². The van der Waals surface area contributed by atoms with Gasteiger partial charge in [-0.1, -0.05) is 38.0 Å². The highest BCUT2D eigenvalue weighted by atomic mass is 32.1. The zero-order chi connectivity index (χ0) is 20.1. The first kappa shape index (κ1) is 20.0. The summed E-state index contributed by atoms with van der Waals surface area (Å²) in [6.07, 6.45) is 1.90. The molecule has 3 rings (SSSR count). The van der Waals surface area contributed by atoms with Crippen LogP contribution in [0.15, 0.2) is 41.8 Å². The lowest BCUT2D eigenvalue weighted by molar-refractivity contribution is -0.135. The van der Waals surface area contributed by atoms with Gasteiger partial charge in [-0.25, -0.2) is 9.18 Å². The molecule has 4 amide bonds. The van der Waals surface area contributed by atoms with Gasteiger partial charge < -0.3 is 10.6 Å². The van der Waals surface area contributed by atoms with E-state index in [2.05, 4.69) is 10.6 Å². The predicted octanol–water partition coefficient (Wildman–Crippen LogP) is 3.14. The average Bonchev–Trinajstić information content (AvgIpc) is 3.28. The standard InChI is InChI=1S/C20H22FN3O3S/c1-2-3-10-20(14-6-8-15(21)9-7-14)18(26)24(19(27)23-20)13-17(25)22-12-16-5-4-11-28-16/h4-9,11H,2-3,10,12-13H2,1H3,(H,22,25)(H,23,27)/t20-/m0/s1. The summed E-state index contributed by atoms with van der Waals surface area (Å²) in [4.78, 5) is 39.9. The summed E-state index contributed by atoms with van der Waals surface area (Å²) in [6.45, 7) is 1.97. The third-order valence-electron chi connectivity index (χ3n) is 4.76. The van der Waals surface area contributed by atoms with Crippen LogP contribution in [0.2, 0.25) is 0 Å². The molecule has 0 saturated carbocycles. The Morgan fingerprint density at radius 1 is 1.25 bits per heavy atom. The predicted molar refractivity (Wildman–Crippen MR) is 104 cm³/mol. The molecule has 8 heteroatoms. The van der Waals surface area contributed by atoms with E-state index in [1.54, 1.807) is 0 Å². The van der Waals surface area contributed by atoms with Gasteiger partial charge in [0.2, 0.25) is 5.91 Å². The van der Waals surface area contributed by atoms with E-state index in [0.717, 1.165) is 16.2 Å². The molecule has 2 N–H and O–H groups in total. The maximum Gasteiger partial charge on any atom is 0.325 e. The van der Waals surface area contributed by atoms with Crippen molar-refractivity contribution in [3.63, 3.8) is 0 Å². The van der Waals surface area contributed by atoms with Gasteiger partial charge in [-0.15, -0.1) is 11.3 Å². The number of carbonyl (C=O) groups excluding carboxylic acids is 3.